The molecule has 7 heteroatoms. The number of hydrogen-bond acceptors (Lipinski definition) is 5. The van der Waals surface area contributed by atoms with Crippen LogP contribution in [0.4, 0.5) is 0 Å². The smallest absolute Gasteiger partial charge is 0.276 e. The monoisotopic (exact) mass is 454 g/mol. The van der Waals surface area contributed by atoms with Gasteiger partial charge in [-0.05, 0) is 40.8 Å². The lowest BCUT2D eigenvalue weighted by molar-refractivity contribution is 0.0688. The standard InChI is InChI=1S/C27H26N4O3/c1-33-24-15-21-13-14-31(26(20-11-7-4-8-12-20)22(21)16-25(24)34-2)27(32)23-18-30(29-28-23)17-19-9-5-3-6-10-19/h3-12,15-16,18,26H,13-14,17H2,1-2H3. The van der Waals surface area contributed by atoms with Gasteiger partial charge in [0.25, 0.3) is 5.91 Å². The van der Waals surface area contributed by atoms with Gasteiger partial charge >= 0.3 is 0 Å². The summed E-state index contributed by atoms with van der Waals surface area (Å²) in [6.45, 7) is 1.12. The van der Waals surface area contributed by atoms with Crippen molar-refractivity contribution in [2.24, 2.45) is 0 Å². The highest BCUT2D eigenvalue weighted by molar-refractivity contribution is 5.92. The maximum Gasteiger partial charge on any atom is 0.276 e. The van der Waals surface area contributed by atoms with Crippen molar-refractivity contribution in [2.45, 2.75) is 19.0 Å². The summed E-state index contributed by atoms with van der Waals surface area (Å²) >= 11 is 0. The number of aromatic nitrogens is 3. The molecule has 172 valence electrons. The Balaban J connectivity index is 1.50. The van der Waals surface area contributed by atoms with Crippen molar-refractivity contribution < 1.29 is 14.3 Å². The molecule has 0 aliphatic carbocycles. The minimum absolute atomic E-state index is 0.145. The Kier molecular flexibility index (Phi) is 5.99. The normalized spacial score (nSPS) is 15.0. The molecule has 2 heterocycles. The van der Waals surface area contributed by atoms with Crippen LogP contribution in [0.2, 0.25) is 0 Å². The van der Waals surface area contributed by atoms with Gasteiger partial charge in [-0.1, -0.05) is 65.9 Å². The highest BCUT2D eigenvalue weighted by Gasteiger charge is 2.34. The topological polar surface area (TPSA) is 69.5 Å². The third-order valence-corrected chi connectivity index (χ3v) is 6.20. The average molecular weight is 455 g/mol. The van der Waals surface area contributed by atoms with E-state index in [1.165, 1.54) is 0 Å². The van der Waals surface area contributed by atoms with Crippen LogP contribution >= 0.6 is 0 Å². The zero-order chi connectivity index (χ0) is 23.5. The molecule has 0 N–H and O–H groups in total. The number of rotatable bonds is 6. The van der Waals surface area contributed by atoms with Crippen LogP contribution in [0.5, 0.6) is 11.5 Å². The first-order chi connectivity index (χ1) is 16.7. The number of amides is 1. The predicted molar refractivity (Wildman–Crippen MR) is 128 cm³/mol. The molecule has 1 unspecified atom stereocenters. The van der Waals surface area contributed by atoms with E-state index >= 15 is 0 Å². The van der Waals surface area contributed by atoms with E-state index in [4.69, 9.17) is 9.47 Å². The molecule has 0 saturated carbocycles. The first-order valence-corrected chi connectivity index (χ1v) is 11.2. The van der Waals surface area contributed by atoms with Crippen molar-refractivity contribution in [1.29, 1.82) is 0 Å². The minimum Gasteiger partial charge on any atom is -0.493 e. The van der Waals surface area contributed by atoms with Crippen LogP contribution in [0.1, 0.15) is 38.8 Å². The summed E-state index contributed by atoms with van der Waals surface area (Å²) < 4.78 is 12.8. The number of hydrogen-bond donors (Lipinski definition) is 0. The molecule has 5 rings (SSSR count). The lowest BCUT2D eigenvalue weighted by Crippen LogP contribution is -2.40. The first-order valence-electron chi connectivity index (χ1n) is 11.2. The molecular weight excluding hydrogens is 428 g/mol. The number of carbonyl (C=O) groups is 1. The highest BCUT2D eigenvalue weighted by atomic mass is 16.5. The minimum atomic E-state index is -0.267. The summed E-state index contributed by atoms with van der Waals surface area (Å²) in [5.74, 6) is 1.19. The van der Waals surface area contributed by atoms with Gasteiger partial charge < -0.3 is 14.4 Å². The van der Waals surface area contributed by atoms with Gasteiger partial charge in [-0.2, -0.15) is 0 Å². The Morgan fingerprint density at radius 2 is 1.65 bits per heavy atom. The number of fused-ring (bicyclic) bond motifs is 1. The molecule has 1 aliphatic heterocycles. The van der Waals surface area contributed by atoms with Gasteiger partial charge in [-0.3, -0.25) is 4.79 Å². The van der Waals surface area contributed by atoms with E-state index in [1.807, 2.05) is 77.7 Å². The largest absolute Gasteiger partial charge is 0.493 e. The van der Waals surface area contributed by atoms with E-state index in [-0.39, 0.29) is 11.9 Å². The van der Waals surface area contributed by atoms with Crippen LogP contribution in [0, 0.1) is 0 Å². The Labute approximate surface area is 198 Å². The molecule has 0 bridgehead atoms. The summed E-state index contributed by atoms with van der Waals surface area (Å²) in [7, 11) is 3.26. The van der Waals surface area contributed by atoms with Crippen molar-refractivity contribution in [2.75, 3.05) is 20.8 Å². The summed E-state index contributed by atoms with van der Waals surface area (Å²) in [4.78, 5) is 15.6. The Hall–Kier alpha value is -4.13. The fourth-order valence-corrected chi connectivity index (χ4v) is 4.55. The number of carbonyl (C=O) groups excluding carboxylic acids is 1. The molecule has 1 atom stereocenters. The first kappa shape index (κ1) is 21.7. The summed E-state index contributed by atoms with van der Waals surface area (Å²) in [5.41, 5.74) is 4.63. The SMILES string of the molecule is COc1cc2c(cc1OC)C(c1ccccc1)N(C(=O)c1cn(Cc3ccccc3)nn1)CC2. The molecule has 0 radical (unpaired) electrons. The van der Waals surface area contributed by atoms with Crippen molar-refractivity contribution in [3.05, 3.63) is 107 Å². The van der Waals surface area contributed by atoms with E-state index in [1.54, 1.807) is 25.1 Å². The number of nitrogens with zero attached hydrogens (tertiary/aromatic N) is 4. The lowest BCUT2D eigenvalue weighted by atomic mass is 9.87. The highest BCUT2D eigenvalue weighted by Crippen LogP contribution is 2.41. The quantitative estimate of drug-likeness (QED) is 0.438. The van der Waals surface area contributed by atoms with Gasteiger partial charge in [-0.25, -0.2) is 4.68 Å². The third-order valence-electron chi connectivity index (χ3n) is 6.20. The molecule has 0 fully saturated rings. The molecule has 1 amide bonds. The fraction of sp³-hybridized carbons (Fsp3) is 0.222. The zero-order valence-corrected chi connectivity index (χ0v) is 19.2. The second kappa shape index (κ2) is 9.39. The van der Waals surface area contributed by atoms with E-state index in [0.717, 1.165) is 22.3 Å². The number of benzene rings is 3. The van der Waals surface area contributed by atoms with E-state index in [0.29, 0.717) is 36.7 Å². The summed E-state index contributed by atoms with van der Waals surface area (Å²) in [6.07, 6.45) is 2.43. The molecular formula is C27H26N4O3. The van der Waals surface area contributed by atoms with E-state index < -0.39 is 0 Å². The zero-order valence-electron chi connectivity index (χ0n) is 19.2. The van der Waals surface area contributed by atoms with Crippen LogP contribution < -0.4 is 9.47 Å². The molecule has 0 saturated heterocycles. The molecule has 7 nitrogen and oxygen atoms in total. The fourth-order valence-electron chi connectivity index (χ4n) is 4.55. The Morgan fingerprint density at radius 1 is 0.971 bits per heavy atom. The van der Waals surface area contributed by atoms with Crippen LogP contribution in [0.25, 0.3) is 0 Å². The van der Waals surface area contributed by atoms with Crippen LogP contribution in [0.15, 0.2) is 79.0 Å². The lowest BCUT2D eigenvalue weighted by Gasteiger charge is -2.37. The van der Waals surface area contributed by atoms with Crippen molar-refractivity contribution in [3.63, 3.8) is 0 Å². The van der Waals surface area contributed by atoms with Crippen molar-refractivity contribution in [1.82, 2.24) is 19.9 Å². The molecule has 1 aromatic heterocycles. The Bertz CT molecular complexity index is 1290. The molecule has 3 aromatic carbocycles. The molecule has 34 heavy (non-hydrogen) atoms. The van der Waals surface area contributed by atoms with Crippen LogP contribution in [0.3, 0.4) is 0 Å². The van der Waals surface area contributed by atoms with E-state index in [2.05, 4.69) is 10.3 Å². The summed E-state index contributed by atoms with van der Waals surface area (Å²) in [5, 5.41) is 8.41. The second-order valence-corrected chi connectivity index (χ2v) is 8.25. The second-order valence-electron chi connectivity index (χ2n) is 8.25. The van der Waals surface area contributed by atoms with Crippen LogP contribution in [-0.4, -0.2) is 46.6 Å². The van der Waals surface area contributed by atoms with Gasteiger partial charge in [0.2, 0.25) is 0 Å². The number of methoxy groups -OCH3 is 2. The average Bonchev–Trinajstić information content (AvgIpc) is 3.36. The van der Waals surface area contributed by atoms with Gasteiger partial charge in [-0.15, -0.1) is 5.10 Å². The van der Waals surface area contributed by atoms with Crippen LogP contribution in [-0.2, 0) is 13.0 Å². The Morgan fingerprint density at radius 3 is 2.35 bits per heavy atom. The van der Waals surface area contributed by atoms with Crippen molar-refractivity contribution in [3.8, 4) is 11.5 Å². The maximum absolute atomic E-state index is 13.7. The van der Waals surface area contributed by atoms with Gasteiger partial charge in [0.05, 0.1) is 33.0 Å². The van der Waals surface area contributed by atoms with Gasteiger partial charge in [0, 0.05) is 6.54 Å². The van der Waals surface area contributed by atoms with E-state index in [9.17, 15) is 4.79 Å². The molecule has 4 aromatic rings. The summed E-state index contributed by atoms with van der Waals surface area (Å²) in [6, 6.07) is 23.8. The van der Waals surface area contributed by atoms with Gasteiger partial charge in [0.15, 0.2) is 17.2 Å². The maximum atomic E-state index is 13.7. The number of ether oxygens (including phenoxy) is 2. The van der Waals surface area contributed by atoms with Gasteiger partial charge in [0.1, 0.15) is 0 Å². The predicted octanol–water partition coefficient (Wildman–Crippen LogP) is 4.13. The molecule has 0 spiro atoms. The van der Waals surface area contributed by atoms with Crippen molar-refractivity contribution >= 4 is 5.91 Å². The molecule has 1 aliphatic rings. The third kappa shape index (κ3) is 4.12.